The highest BCUT2D eigenvalue weighted by molar-refractivity contribution is 5.93. The van der Waals surface area contributed by atoms with Crippen LogP contribution in [0.25, 0.3) is 0 Å². The molecule has 0 atom stereocenters. The van der Waals surface area contributed by atoms with Gasteiger partial charge in [-0.15, -0.1) is 0 Å². The Bertz CT molecular complexity index is 647. The Balaban J connectivity index is 3.36. The monoisotopic (exact) mass is 473 g/mol. The van der Waals surface area contributed by atoms with Gasteiger partial charge in [0, 0.05) is 49.3 Å². The number of aliphatic imine (C=N–C) groups is 1. The molecule has 14 heteroatoms. The minimum Gasteiger partial charge on any atom is -0.478 e. The lowest BCUT2D eigenvalue weighted by Gasteiger charge is -2.06. The number of esters is 1. The third kappa shape index (κ3) is 24.7. The predicted octanol–water partition coefficient (Wildman–Crippen LogP) is 0.580. The molecule has 0 aromatic carbocycles. The molecule has 2 N–H and O–H groups in total. The Kier molecular flexibility index (Phi) is 19.4. The van der Waals surface area contributed by atoms with Crippen molar-refractivity contribution in [2.24, 2.45) is 15.4 Å². The summed E-state index contributed by atoms with van der Waals surface area (Å²) in [5, 5.41) is 23.4. The minimum absolute atomic E-state index is 0.277. The van der Waals surface area contributed by atoms with E-state index in [2.05, 4.69) is 25.0 Å². The van der Waals surface area contributed by atoms with Gasteiger partial charge >= 0.3 is 23.9 Å². The van der Waals surface area contributed by atoms with E-state index in [1.54, 1.807) is 0 Å². The second-order valence-electron chi connectivity index (χ2n) is 5.69. The zero-order chi connectivity index (χ0) is 24.6. The topological polar surface area (TPSA) is 192 Å². The molecule has 14 nitrogen and oxygen atoms in total. The van der Waals surface area contributed by atoms with E-state index in [-0.39, 0.29) is 6.54 Å². The fourth-order valence-electron chi connectivity index (χ4n) is 1.64. The first-order valence-corrected chi connectivity index (χ1v) is 9.73. The largest absolute Gasteiger partial charge is 0.478 e. The zero-order valence-electron chi connectivity index (χ0n) is 17.9. The first kappa shape index (κ1) is 29.5. The molecule has 33 heavy (non-hydrogen) atoms. The fraction of sp³-hybridized carbons (Fsp3) is 0.526. The fourth-order valence-corrected chi connectivity index (χ4v) is 1.64. The van der Waals surface area contributed by atoms with E-state index >= 15 is 0 Å². The molecule has 0 fully saturated rings. The highest BCUT2D eigenvalue weighted by atomic mass is 16.7. The summed E-state index contributed by atoms with van der Waals surface area (Å²) < 4.78 is 20.5. The van der Waals surface area contributed by atoms with Gasteiger partial charge in [-0.25, -0.2) is 19.2 Å². The van der Waals surface area contributed by atoms with Crippen molar-refractivity contribution < 1.29 is 53.2 Å². The molecule has 0 radical (unpaired) electrons. The molecule has 0 spiro atoms. The minimum atomic E-state index is -1.27. The highest BCUT2D eigenvalue weighted by Gasteiger charge is 1.97. The Morgan fingerprint density at radius 1 is 0.667 bits per heavy atom. The van der Waals surface area contributed by atoms with Crippen LogP contribution in [0, 0.1) is 0 Å². The predicted molar refractivity (Wildman–Crippen MR) is 111 cm³/mol. The van der Waals surface area contributed by atoms with Gasteiger partial charge in [0.05, 0.1) is 33.0 Å². The number of carboxylic acid groups (broad SMARTS) is 2. The smallest absolute Gasteiger partial charge is 0.360 e. The van der Waals surface area contributed by atoms with Gasteiger partial charge in [0.2, 0.25) is 0 Å². The normalized spacial score (nSPS) is 11.6. The second kappa shape index (κ2) is 21.7. The Morgan fingerprint density at radius 2 is 1.18 bits per heavy atom. The zero-order valence-corrected chi connectivity index (χ0v) is 17.9. The van der Waals surface area contributed by atoms with Crippen molar-refractivity contribution in [3.8, 4) is 0 Å². The summed E-state index contributed by atoms with van der Waals surface area (Å²) >= 11 is 0. The molecule has 0 bridgehead atoms. The van der Waals surface area contributed by atoms with Gasteiger partial charge in [-0.3, -0.25) is 9.83 Å². The molecule has 0 saturated carbocycles. The van der Waals surface area contributed by atoms with E-state index in [1.165, 1.54) is 0 Å². The summed E-state index contributed by atoms with van der Waals surface area (Å²) in [5.74, 6) is -4.27. The molecule has 0 aromatic rings. The van der Waals surface area contributed by atoms with Crippen molar-refractivity contribution in [3.63, 3.8) is 0 Å². The Hall–Kier alpha value is -3.49. The van der Waals surface area contributed by atoms with Crippen LogP contribution in [0.2, 0.25) is 0 Å². The summed E-state index contributed by atoms with van der Waals surface area (Å²) in [5.41, 5.74) is 0. The van der Waals surface area contributed by atoms with E-state index < -0.39 is 23.9 Å². The molecule has 0 amide bonds. The maximum absolute atomic E-state index is 11.0. The van der Waals surface area contributed by atoms with Crippen LogP contribution in [0.4, 0.5) is 0 Å². The molecule has 0 aliphatic rings. The van der Waals surface area contributed by atoms with Gasteiger partial charge in [0.1, 0.15) is 0 Å². The van der Waals surface area contributed by atoms with E-state index in [9.17, 15) is 19.2 Å². The number of carboxylic acids is 2. The highest BCUT2D eigenvalue weighted by Crippen LogP contribution is 1.90. The van der Waals surface area contributed by atoms with E-state index in [0.717, 1.165) is 18.6 Å². The SMILES string of the molecule is O=C(O)/C=C\C(=O)OC=NCCCOCCOCCOCCCN=NOC(=O)/C=C\C(=O)O. The van der Waals surface area contributed by atoms with Crippen LogP contribution in [0.3, 0.4) is 0 Å². The molecule has 0 rings (SSSR count). The molecule has 184 valence electrons. The van der Waals surface area contributed by atoms with Crippen molar-refractivity contribution in [3.05, 3.63) is 24.3 Å². The van der Waals surface area contributed by atoms with Crippen molar-refractivity contribution in [2.45, 2.75) is 12.8 Å². The van der Waals surface area contributed by atoms with Gasteiger partial charge in [-0.05, 0) is 12.8 Å². The van der Waals surface area contributed by atoms with Crippen LogP contribution in [0.5, 0.6) is 0 Å². The average molecular weight is 473 g/mol. The second-order valence-corrected chi connectivity index (χ2v) is 5.69. The van der Waals surface area contributed by atoms with Crippen molar-refractivity contribution in [1.29, 1.82) is 0 Å². The van der Waals surface area contributed by atoms with E-state index in [4.69, 9.17) is 24.4 Å². The molecule has 0 unspecified atom stereocenters. The summed E-state index contributed by atoms with van der Waals surface area (Å²) in [6.07, 6.45) is 4.92. The van der Waals surface area contributed by atoms with Crippen LogP contribution in [0.15, 0.2) is 39.7 Å². The third-order valence-electron chi connectivity index (χ3n) is 3.02. The third-order valence-corrected chi connectivity index (χ3v) is 3.02. The molecule has 0 aromatic heterocycles. The van der Waals surface area contributed by atoms with Gasteiger partial charge in [-0.1, -0.05) is 0 Å². The van der Waals surface area contributed by atoms with Gasteiger partial charge in [0.15, 0.2) is 6.40 Å². The summed E-state index contributed by atoms with van der Waals surface area (Å²) in [4.78, 5) is 50.5. The van der Waals surface area contributed by atoms with Gasteiger partial charge < -0.3 is 29.2 Å². The van der Waals surface area contributed by atoms with Crippen LogP contribution in [-0.2, 0) is 43.0 Å². The molecular weight excluding hydrogens is 446 g/mol. The molecule has 0 aliphatic carbocycles. The number of ether oxygens (including phenoxy) is 4. The summed E-state index contributed by atoms with van der Waals surface area (Å²) in [6.45, 7) is 3.11. The quantitative estimate of drug-likeness (QED) is 0.0478. The van der Waals surface area contributed by atoms with Crippen molar-refractivity contribution in [1.82, 2.24) is 0 Å². The number of rotatable bonds is 20. The van der Waals surface area contributed by atoms with Crippen molar-refractivity contribution >= 4 is 30.3 Å². The lowest BCUT2D eigenvalue weighted by molar-refractivity contribution is -0.139. The lowest BCUT2D eigenvalue weighted by Crippen LogP contribution is -2.10. The number of nitrogens with zero attached hydrogens (tertiary/aromatic N) is 3. The number of aliphatic carboxylic acids is 2. The maximum Gasteiger partial charge on any atom is 0.360 e. The van der Waals surface area contributed by atoms with Crippen LogP contribution in [0.1, 0.15) is 12.8 Å². The molecule has 0 heterocycles. The first-order valence-electron chi connectivity index (χ1n) is 9.73. The number of carbonyl (C=O) groups is 4. The van der Waals surface area contributed by atoms with E-state index in [1.807, 2.05) is 0 Å². The number of carbonyl (C=O) groups excluding carboxylic acids is 2. The lowest BCUT2D eigenvalue weighted by atomic mass is 10.5. The number of hydrogen-bond donors (Lipinski definition) is 2. The number of hydrogen-bond acceptors (Lipinski definition) is 12. The van der Waals surface area contributed by atoms with E-state index in [0.29, 0.717) is 71.2 Å². The maximum atomic E-state index is 11.0. The first-order chi connectivity index (χ1) is 15.9. The summed E-state index contributed by atoms with van der Waals surface area (Å²) in [7, 11) is 0. The Morgan fingerprint density at radius 3 is 1.76 bits per heavy atom. The molecule has 0 aliphatic heterocycles. The summed E-state index contributed by atoms with van der Waals surface area (Å²) in [6, 6.07) is 0. The molecule has 0 saturated heterocycles. The van der Waals surface area contributed by atoms with Crippen LogP contribution in [-0.4, -0.2) is 93.2 Å². The Labute approximate surface area is 189 Å². The van der Waals surface area contributed by atoms with Gasteiger partial charge in [0.25, 0.3) is 0 Å². The standard InChI is InChI=1S/C19H27N3O11/c23-16(24)3-5-18(27)32-15-20-7-1-9-29-11-13-31-14-12-30-10-2-8-21-22-33-19(28)6-4-17(25)26/h3-6,15H,1-2,7-14H2,(H,23,24)(H,25,26)/b5-3-,6-4-,20-15?,22-21?. The average Bonchev–Trinajstić information content (AvgIpc) is 2.77. The van der Waals surface area contributed by atoms with Crippen molar-refractivity contribution in [2.75, 3.05) is 52.7 Å². The van der Waals surface area contributed by atoms with Gasteiger partial charge in [-0.2, -0.15) is 5.11 Å². The van der Waals surface area contributed by atoms with Crippen LogP contribution >= 0.6 is 0 Å². The molecular formula is C19H27N3O11. The van der Waals surface area contributed by atoms with Crippen LogP contribution < -0.4 is 0 Å².